The second-order valence-electron chi connectivity index (χ2n) is 12.2. The van der Waals surface area contributed by atoms with Crippen molar-refractivity contribution in [2.45, 2.75) is 51.6 Å². The van der Waals surface area contributed by atoms with Crippen molar-refractivity contribution in [3.63, 3.8) is 0 Å². The fraction of sp³-hybridized carbons (Fsp3) is 0.562. The first kappa shape index (κ1) is 36.1. The van der Waals surface area contributed by atoms with Crippen LogP contribution in [0.5, 0.6) is 23.0 Å². The number of unbranched alkanes of at least 4 members (excludes halogenated alkanes) is 3. The van der Waals surface area contributed by atoms with Crippen molar-refractivity contribution in [2.24, 2.45) is 0 Å². The van der Waals surface area contributed by atoms with E-state index in [0.29, 0.717) is 69.5 Å². The van der Waals surface area contributed by atoms with Gasteiger partial charge in [0, 0.05) is 11.1 Å². The van der Waals surface area contributed by atoms with Gasteiger partial charge in [-0.2, -0.15) is 0 Å². The van der Waals surface area contributed by atoms with Gasteiger partial charge in [-0.3, -0.25) is 9.59 Å². The molecule has 2 unspecified atom stereocenters. The van der Waals surface area contributed by atoms with Gasteiger partial charge in [-0.25, -0.2) is 0 Å². The van der Waals surface area contributed by atoms with Gasteiger partial charge in [0.05, 0.1) is 41.3 Å². The molecule has 0 fully saturated rings. The number of nitrogens with zero attached hydrogens (tertiary/aromatic N) is 2. The highest BCUT2D eigenvalue weighted by molar-refractivity contribution is 6.00. The van der Waals surface area contributed by atoms with E-state index in [9.17, 15) is 9.59 Å². The molecule has 0 aromatic heterocycles. The highest BCUT2D eigenvalue weighted by atomic mass is 79.9. The monoisotopic (exact) mass is 712 g/mol. The Balaban J connectivity index is 0.00000308. The molecule has 234 valence electrons. The van der Waals surface area contributed by atoms with Gasteiger partial charge in [-0.15, -0.1) is 0 Å². The zero-order valence-electron chi connectivity index (χ0n) is 25.8. The predicted molar refractivity (Wildman–Crippen MR) is 155 cm³/mol. The first-order valence-electron chi connectivity index (χ1n) is 14.5. The molecule has 0 aliphatic carbocycles. The quantitative estimate of drug-likeness (QED) is 0.148. The molecule has 0 N–H and O–H groups in total. The van der Waals surface area contributed by atoms with Crippen LogP contribution in [0.3, 0.4) is 0 Å². The number of carbonyl (C=O) groups excluding carboxylic acids is 2. The average Bonchev–Trinajstić information content (AvgIpc) is 2.96. The van der Waals surface area contributed by atoms with Crippen LogP contribution in [-0.2, 0) is 0 Å². The van der Waals surface area contributed by atoms with Crippen molar-refractivity contribution < 1.29 is 71.5 Å². The predicted octanol–water partition coefficient (Wildman–Crippen LogP) is -1.21. The Kier molecular flexibility index (Phi) is 13.3. The molecule has 2 aromatic carbocycles. The maximum absolute atomic E-state index is 13.3. The van der Waals surface area contributed by atoms with Gasteiger partial charge in [0.2, 0.25) is 11.6 Å². The molecule has 42 heavy (non-hydrogen) atoms. The van der Waals surface area contributed by atoms with Gasteiger partial charge >= 0.3 is 0 Å². The molecule has 2 aliphatic heterocycles. The fourth-order valence-corrected chi connectivity index (χ4v) is 5.29. The summed E-state index contributed by atoms with van der Waals surface area (Å²) in [4.78, 5) is 26.5. The zero-order chi connectivity index (χ0) is 28.9. The normalized spacial score (nSPS) is 15.5. The molecule has 0 amide bonds. The largest absolute Gasteiger partial charge is 1.00 e. The molecule has 2 atom stereocenters. The van der Waals surface area contributed by atoms with Gasteiger partial charge < -0.3 is 61.9 Å². The number of carbonyl (C=O) groups is 2. The lowest BCUT2D eigenvalue weighted by Crippen LogP contribution is -3.00. The number of ether oxygens (including phenoxy) is 4. The average molecular weight is 715 g/mol. The van der Waals surface area contributed by atoms with Gasteiger partial charge in [-0.05, 0) is 75.9 Å². The summed E-state index contributed by atoms with van der Waals surface area (Å²) in [6.07, 6.45) is 4.28. The zero-order valence-corrected chi connectivity index (χ0v) is 29.0. The lowest BCUT2D eigenvalue weighted by molar-refractivity contribution is -0.904. The van der Waals surface area contributed by atoms with Crippen LogP contribution in [0.2, 0.25) is 0 Å². The van der Waals surface area contributed by atoms with Crippen LogP contribution in [0.4, 0.5) is 0 Å². The number of hydrogen-bond acceptors (Lipinski definition) is 6. The second-order valence-corrected chi connectivity index (χ2v) is 12.2. The number of ketones is 2. The Morgan fingerprint density at radius 2 is 0.929 bits per heavy atom. The number of fused-ring (bicyclic) bond motifs is 2. The van der Waals surface area contributed by atoms with Crippen LogP contribution in [0.1, 0.15) is 60.2 Å². The minimum absolute atomic E-state index is 0. The molecule has 0 saturated carbocycles. The Labute approximate surface area is 272 Å². The first-order chi connectivity index (χ1) is 19.0. The molecule has 2 heterocycles. The number of benzene rings is 2. The van der Waals surface area contributed by atoms with Gasteiger partial charge in [0.1, 0.15) is 38.5 Å². The smallest absolute Gasteiger partial charge is 0.219 e. The molecule has 4 rings (SSSR count). The third-order valence-electron chi connectivity index (χ3n) is 8.73. The number of hydrogen-bond donors (Lipinski definition) is 0. The van der Waals surface area contributed by atoms with Gasteiger partial charge in [0.15, 0.2) is 23.0 Å². The van der Waals surface area contributed by atoms with E-state index in [0.717, 1.165) is 38.8 Å². The summed E-state index contributed by atoms with van der Waals surface area (Å²) in [7, 11) is 8.52. The highest BCUT2D eigenvalue weighted by Crippen LogP contribution is 2.33. The van der Waals surface area contributed by atoms with Gasteiger partial charge in [-0.1, -0.05) is 0 Å². The number of Topliss-reactive ketones (excluding diaryl/α,β-unsaturated/α-hetero) is 2. The van der Waals surface area contributed by atoms with E-state index in [2.05, 4.69) is 28.2 Å². The van der Waals surface area contributed by atoms with E-state index < -0.39 is 0 Å². The van der Waals surface area contributed by atoms with E-state index >= 15 is 0 Å². The third-order valence-corrected chi connectivity index (χ3v) is 8.73. The fourth-order valence-electron chi connectivity index (χ4n) is 5.29. The molecule has 2 aliphatic rings. The van der Waals surface area contributed by atoms with Crippen molar-refractivity contribution in [3.8, 4) is 23.0 Å². The van der Waals surface area contributed by atoms with Crippen molar-refractivity contribution in [1.82, 2.24) is 0 Å². The maximum atomic E-state index is 13.3. The number of halogens is 2. The summed E-state index contributed by atoms with van der Waals surface area (Å²) in [5, 5.41) is 0. The van der Waals surface area contributed by atoms with Crippen LogP contribution in [0.15, 0.2) is 36.4 Å². The molecule has 8 nitrogen and oxygen atoms in total. The van der Waals surface area contributed by atoms with Crippen LogP contribution in [0, 0.1) is 0 Å². The Morgan fingerprint density at radius 1 is 0.595 bits per heavy atom. The molecule has 0 saturated heterocycles. The summed E-state index contributed by atoms with van der Waals surface area (Å²) < 4.78 is 23.8. The van der Waals surface area contributed by atoms with E-state index in [-0.39, 0.29) is 57.6 Å². The Bertz CT molecular complexity index is 1130. The number of likely N-dealkylation sites (N-methyl/N-ethyl adjacent to an activating group) is 2. The molecule has 0 spiro atoms. The number of rotatable bonds is 13. The SMILES string of the molecule is CC(C(=O)c1ccc2c(c1)OCCO2)[N+](C)(C)CCCCCC[N+](C)(C)C(C)C(=O)c1ccc2c(c1)OCCO2.[Br-].[Br-]. The molecule has 0 bridgehead atoms. The summed E-state index contributed by atoms with van der Waals surface area (Å²) in [6, 6.07) is 10.6. The number of quaternary nitrogens is 2. The van der Waals surface area contributed by atoms with E-state index in [1.165, 1.54) is 0 Å². The van der Waals surface area contributed by atoms with Crippen molar-refractivity contribution >= 4 is 11.6 Å². The van der Waals surface area contributed by atoms with Gasteiger partial charge in [0.25, 0.3) is 0 Å². The van der Waals surface area contributed by atoms with Crippen molar-refractivity contribution in [1.29, 1.82) is 0 Å². The minimum Gasteiger partial charge on any atom is -1.00 e. The lowest BCUT2D eigenvalue weighted by Gasteiger charge is -2.36. The van der Waals surface area contributed by atoms with E-state index in [1.54, 1.807) is 0 Å². The minimum atomic E-state index is -0.162. The highest BCUT2D eigenvalue weighted by Gasteiger charge is 2.33. The Morgan fingerprint density at radius 3 is 1.29 bits per heavy atom. The molecule has 2 aromatic rings. The maximum Gasteiger partial charge on any atom is 0.219 e. The van der Waals surface area contributed by atoms with Crippen LogP contribution < -0.4 is 52.9 Å². The summed E-state index contributed by atoms with van der Waals surface area (Å²) in [5.41, 5.74) is 1.34. The van der Waals surface area contributed by atoms with Crippen LogP contribution >= 0.6 is 0 Å². The standard InChI is InChI=1S/C32H46N2O6.2BrH/c1-23(31(35)25-11-13-27-29(21-25)39-19-17-37-27)33(3,4)15-9-7-8-10-16-34(5,6)24(2)32(36)26-12-14-28-30(22-26)40-20-18-38-28;;/h11-14,21-24H,7-10,15-20H2,1-6H3;2*1H/q+2;;/p-2. The lowest BCUT2D eigenvalue weighted by atomic mass is 10.0. The second kappa shape index (κ2) is 15.5. The van der Waals surface area contributed by atoms with Crippen LogP contribution in [-0.4, -0.2) is 100 Å². The first-order valence-corrected chi connectivity index (χ1v) is 14.5. The van der Waals surface area contributed by atoms with E-state index in [1.807, 2.05) is 50.2 Å². The molecular weight excluding hydrogens is 668 g/mol. The third kappa shape index (κ3) is 8.71. The summed E-state index contributed by atoms with van der Waals surface area (Å²) in [5.74, 6) is 2.95. The topological polar surface area (TPSA) is 71.1 Å². The Hall–Kier alpha value is -2.14. The summed E-state index contributed by atoms with van der Waals surface area (Å²) >= 11 is 0. The molecular formula is C32H46Br2N2O6. The van der Waals surface area contributed by atoms with Crippen LogP contribution in [0.25, 0.3) is 0 Å². The molecule has 10 heteroatoms. The van der Waals surface area contributed by atoms with E-state index in [4.69, 9.17) is 18.9 Å². The summed E-state index contributed by atoms with van der Waals surface area (Å²) in [6.45, 7) is 7.96. The van der Waals surface area contributed by atoms with Crippen molar-refractivity contribution in [2.75, 3.05) is 67.7 Å². The molecule has 0 radical (unpaired) electrons. The van der Waals surface area contributed by atoms with Crippen molar-refractivity contribution in [3.05, 3.63) is 47.5 Å².